The normalized spacial score (nSPS) is 18.0. The number of amides is 1. The zero-order valence-corrected chi connectivity index (χ0v) is 16.2. The predicted octanol–water partition coefficient (Wildman–Crippen LogP) is 5.16. The van der Waals surface area contributed by atoms with Gasteiger partial charge in [-0.3, -0.25) is 0 Å². The second-order valence-corrected chi connectivity index (χ2v) is 7.14. The molecule has 5 heteroatoms. The molecule has 1 aliphatic rings. The fourth-order valence-corrected chi connectivity index (χ4v) is 3.42. The van der Waals surface area contributed by atoms with Gasteiger partial charge < -0.3 is 15.0 Å². The Morgan fingerprint density at radius 3 is 2.85 bits per heavy atom. The molecule has 144 valence electrons. The summed E-state index contributed by atoms with van der Waals surface area (Å²) < 4.78 is 5.61. The molecular formula is C22H29N3O2. The molecule has 1 fully saturated rings. The molecule has 0 bridgehead atoms. The van der Waals surface area contributed by atoms with Crippen LogP contribution in [-0.2, 0) is 11.3 Å². The second kappa shape index (κ2) is 9.40. The molecule has 27 heavy (non-hydrogen) atoms. The van der Waals surface area contributed by atoms with Crippen LogP contribution >= 0.6 is 0 Å². The van der Waals surface area contributed by atoms with Gasteiger partial charge in [0.15, 0.2) is 0 Å². The van der Waals surface area contributed by atoms with E-state index < -0.39 is 0 Å². The van der Waals surface area contributed by atoms with Crippen LogP contribution in [0, 0.1) is 0 Å². The first-order valence-corrected chi connectivity index (χ1v) is 9.87. The maximum absolute atomic E-state index is 12.8. The summed E-state index contributed by atoms with van der Waals surface area (Å²) in [5.74, 6) is 0.875. The molecule has 3 rings (SSSR count). The van der Waals surface area contributed by atoms with Crippen molar-refractivity contribution in [2.75, 3.05) is 11.9 Å². The van der Waals surface area contributed by atoms with Crippen LogP contribution in [0.2, 0.25) is 0 Å². The average molecular weight is 367 g/mol. The number of hydrogen-bond acceptors (Lipinski definition) is 4. The number of aromatic nitrogens is 1. The lowest BCUT2D eigenvalue weighted by Gasteiger charge is -2.36. The first kappa shape index (κ1) is 19.2. The maximum atomic E-state index is 12.8. The molecule has 2 atom stereocenters. The lowest BCUT2D eigenvalue weighted by molar-refractivity contribution is 0.0680. The molecule has 0 unspecified atom stereocenters. The first-order chi connectivity index (χ1) is 13.2. The van der Waals surface area contributed by atoms with Crippen LogP contribution in [0.15, 0.2) is 48.7 Å². The fourth-order valence-electron chi connectivity index (χ4n) is 3.42. The van der Waals surface area contributed by atoms with Gasteiger partial charge in [0.2, 0.25) is 0 Å². The van der Waals surface area contributed by atoms with Crippen molar-refractivity contribution in [2.45, 2.75) is 58.2 Å². The molecular weight excluding hydrogens is 338 g/mol. The van der Waals surface area contributed by atoms with Crippen molar-refractivity contribution in [1.82, 2.24) is 9.88 Å². The van der Waals surface area contributed by atoms with E-state index in [0.29, 0.717) is 12.6 Å². The molecule has 2 heterocycles. The van der Waals surface area contributed by atoms with Crippen molar-refractivity contribution < 1.29 is 9.53 Å². The number of hydrogen-bond donors (Lipinski definition) is 1. The van der Waals surface area contributed by atoms with Gasteiger partial charge in [-0.15, -0.1) is 0 Å². The van der Waals surface area contributed by atoms with Crippen LogP contribution in [0.3, 0.4) is 0 Å². The molecule has 1 N–H and O–H groups in total. The third-order valence-corrected chi connectivity index (χ3v) is 5.14. The minimum absolute atomic E-state index is 0.00211. The van der Waals surface area contributed by atoms with E-state index in [-0.39, 0.29) is 12.1 Å². The molecule has 1 aromatic heterocycles. The molecule has 0 radical (unpaired) electrons. The highest BCUT2D eigenvalue weighted by Gasteiger charge is 2.31. The number of benzene rings is 1. The smallest absolute Gasteiger partial charge is 0.410 e. The summed E-state index contributed by atoms with van der Waals surface area (Å²) in [6.45, 7) is 5.31. The van der Waals surface area contributed by atoms with E-state index in [2.05, 4.69) is 30.2 Å². The zero-order chi connectivity index (χ0) is 19.1. The van der Waals surface area contributed by atoms with Crippen LogP contribution in [0.5, 0.6) is 0 Å². The third-order valence-electron chi connectivity index (χ3n) is 5.14. The lowest BCUT2D eigenvalue weighted by atomic mass is 9.96. The van der Waals surface area contributed by atoms with Crippen molar-refractivity contribution in [3.05, 3.63) is 59.8 Å². The van der Waals surface area contributed by atoms with Gasteiger partial charge in [-0.05, 0) is 44.2 Å². The average Bonchev–Trinajstić information content (AvgIpc) is 2.73. The number of anilines is 1. The van der Waals surface area contributed by atoms with Crippen LogP contribution in [-0.4, -0.2) is 28.6 Å². The van der Waals surface area contributed by atoms with E-state index in [1.807, 2.05) is 41.3 Å². The Bertz CT molecular complexity index is 735. The highest BCUT2D eigenvalue weighted by molar-refractivity contribution is 5.69. The van der Waals surface area contributed by atoms with Crippen LogP contribution < -0.4 is 5.32 Å². The van der Waals surface area contributed by atoms with Crippen molar-refractivity contribution in [1.29, 1.82) is 0 Å². The van der Waals surface area contributed by atoms with Crippen molar-refractivity contribution in [3.63, 3.8) is 0 Å². The molecule has 2 aromatic rings. The summed E-state index contributed by atoms with van der Waals surface area (Å²) in [6.07, 6.45) is 5.61. The monoisotopic (exact) mass is 367 g/mol. The summed E-state index contributed by atoms with van der Waals surface area (Å²) in [5, 5.41) is 3.48. The Morgan fingerprint density at radius 1 is 1.26 bits per heavy atom. The number of carbonyl (C=O) groups is 1. The Labute approximate surface area is 161 Å². The molecule has 0 aliphatic carbocycles. The van der Waals surface area contributed by atoms with E-state index in [9.17, 15) is 4.79 Å². The van der Waals surface area contributed by atoms with E-state index in [1.165, 1.54) is 0 Å². The fraction of sp³-hybridized carbons (Fsp3) is 0.455. The highest BCUT2D eigenvalue weighted by Crippen LogP contribution is 2.35. The van der Waals surface area contributed by atoms with Gasteiger partial charge in [0.05, 0.1) is 6.04 Å². The van der Waals surface area contributed by atoms with Gasteiger partial charge in [-0.25, -0.2) is 9.78 Å². The summed E-state index contributed by atoms with van der Waals surface area (Å²) in [4.78, 5) is 19.2. The van der Waals surface area contributed by atoms with Crippen LogP contribution in [0.25, 0.3) is 0 Å². The Morgan fingerprint density at radius 2 is 2.07 bits per heavy atom. The van der Waals surface area contributed by atoms with Gasteiger partial charge in [0.25, 0.3) is 0 Å². The maximum Gasteiger partial charge on any atom is 0.410 e. The van der Waals surface area contributed by atoms with Crippen molar-refractivity contribution in [2.24, 2.45) is 0 Å². The number of piperidine rings is 1. The van der Waals surface area contributed by atoms with Crippen LogP contribution in [0.4, 0.5) is 10.6 Å². The van der Waals surface area contributed by atoms with Crippen molar-refractivity contribution in [3.8, 4) is 0 Å². The number of nitrogens with zero attached hydrogens (tertiary/aromatic N) is 2. The predicted molar refractivity (Wildman–Crippen MR) is 108 cm³/mol. The summed E-state index contributed by atoms with van der Waals surface area (Å²) in [7, 11) is 0. The SMILES string of the molecule is CC[C@@H](C)Nc1ncccc1[C@H]1CCCCN1C(=O)OCc1ccccc1. The van der Waals surface area contributed by atoms with Gasteiger partial charge in [-0.2, -0.15) is 0 Å². The molecule has 5 nitrogen and oxygen atoms in total. The number of rotatable bonds is 6. The molecule has 1 aromatic carbocycles. The topological polar surface area (TPSA) is 54.5 Å². The Kier molecular flexibility index (Phi) is 6.69. The minimum Gasteiger partial charge on any atom is -0.445 e. The molecule has 0 spiro atoms. The summed E-state index contributed by atoms with van der Waals surface area (Å²) >= 11 is 0. The van der Waals surface area contributed by atoms with Gasteiger partial charge in [-0.1, -0.05) is 43.3 Å². The Balaban J connectivity index is 1.74. The van der Waals surface area contributed by atoms with Crippen LogP contribution in [0.1, 0.15) is 56.7 Å². The summed E-state index contributed by atoms with van der Waals surface area (Å²) in [5.41, 5.74) is 2.08. The first-order valence-electron chi connectivity index (χ1n) is 9.87. The summed E-state index contributed by atoms with van der Waals surface area (Å²) in [6, 6.07) is 14.2. The highest BCUT2D eigenvalue weighted by atomic mass is 16.6. The number of ether oxygens (including phenoxy) is 1. The minimum atomic E-state index is -0.248. The molecule has 1 amide bonds. The van der Waals surface area contributed by atoms with Gasteiger partial charge >= 0.3 is 6.09 Å². The zero-order valence-electron chi connectivity index (χ0n) is 16.2. The van der Waals surface area contributed by atoms with Gasteiger partial charge in [0, 0.05) is 24.3 Å². The van der Waals surface area contributed by atoms with E-state index >= 15 is 0 Å². The van der Waals surface area contributed by atoms with Crippen molar-refractivity contribution >= 4 is 11.9 Å². The van der Waals surface area contributed by atoms with Gasteiger partial charge in [0.1, 0.15) is 12.4 Å². The third kappa shape index (κ3) is 5.00. The van der Waals surface area contributed by atoms with E-state index in [4.69, 9.17) is 4.74 Å². The number of nitrogens with one attached hydrogen (secondary N) is 1. The number of pyridine rings is 1. The number of carbonyl (C=O) groups excluding carboxylic acids is 1. The molecule has 0 saturated carbocycles. The lowest BCUT2D eigenvalue weighted by Crippen LogP contribution is -2.39. The standard InChI is InChI=1S/C22H29N3O2/c1-3-17(2)24-21-19(12-9-14-23-21)20-13-7-8-15-25(20)22(26)27-16-18-10-5-4-6-11-18/h4-6,9-12,14,17,20H,3,7-8,13,15-16H2,1-2H3,(H,23,24)/t17-,20-/m1/s1. The Hall–Kier alpha value is -2.56. The molecule has 1 saturated heterocycles. The second-order valence-electron chi connectivity index (χ2n) is 7.14. The molecule has 1 aliphatic heterocycles. The number of likely N-dealkylation sites (tertiary alicyclic amines) is 1. The van der Waals surface area contributed by atoms with E-state index in [1.54, 1.807) is 6.20 Å². The quantitative estimate of drug-likeness (QED) is 0.766. The largest absolute Gasteiger partial charge is 0.445 e. The van der Waals surface area contributed by atoms with E-state index in [0.717, 1.165) is 49.2 Å².